The Morgan fingerprint density at radius 2 is 1.43 bits per heavy atom. The van der Waals surface area contributed by atoms with E-state index in [0.29, 0.717) is 5.92 Å². The quantitative estimate of drug-likeness (QED) is 0.439. The standard InChI is InChI=1S/C26H30BrN/c1-19(2)20-9-14-24(15-10-20)28(23-8-6-7-22(27)13-18-23)25-16-11-21(12-17-25)26(3,4)5/h6-19,22H,1-5H3. The maximum Gasteiger partial charge on any atom is 0.0512 e. The summed E-state index contributed by atoms with van der Waals surface area (Å²) < 4.78 is 0. The Morgan fingerprint density at radius 1 is 0.857 bits per heavy atom. The lowest BCUT2D eigenvalue weighted by molar-refractivity contribution is 0.590. The van der Waals surface area contributed by atoms with Crippen LogP contribution >= 0.6 is 15.9 Å². The fraction of sp³-hybridized carbons (Fsp3) is 0.308. The van der Waals surface area contributed by atoms with Crippen molar-refractivity contribution in [1.29, 1.82) is 0 Å². The van der Waals surface area contributed by atoms with E-state index in [4.69, 9.17) is 0 Å². The Kier molecular flexibility index (Phi) is 6.30. The highest BCUT2D eigenvalue weighted by Gasteiger charge is 2.17. The number of rotatable bonds is 4. The summed E-state index contributed by atoms with van der Waals surface area (Å²) in [5.74, 6) is 0.530. The van der Waals surface area contributed by atoms with Crippen LogP contribution in [0.5, 0.6) is 0 Å². The number of benzene rings is 2. The van der Waals surface area contributed by atoms with Gasteiger partial charge >= 0.3 is 0 Å². The van der Waals surface area contributed by atoms with E-state index in [1.165, 1.54) is 22.5 Å². The van der Waals surface area contributed by atoms with Crippen LogP contribution in [-0.4, -0.2) is 4.83 Å². The molecule has 0 aliphatic heterocycles. The van der Waals surface area contributed by atoms with Crippen molar-refractivity contribution in [2.45, 2.75) is 50.8 Å². The van der Waals surface area contributed by atoms with Crippen LogP contribution < -0.4 is 4.90 Å². The van der Waals surface area contributed by atoms with E-state index in [9.17, 15) is 0 Å². The Hall–Kier alpha value is -2.06. The molecule has 3 rings (SSSR count). The molecule has 1 aliphatic rings. The number of hydrogen-bond donors (Lipinski definition) is 0. The summed E-state index contributed by atoms with van der Waals surface area (Å²) in [7, 11) is 0. The van der Waals surface area contributed by atoms with Crippen molar-refractivity contribution in [1.82, 2.24) is 0 Å². The molecular weight excluding hydrogens is 406 g/mol. The summed E-state index contributed by atoms with van der Waals surface area (Å²) in [6.07, 6.45) is 10.8. The summed E-state index contributed by atoms with van der Waals surface area (Å²) in [5, 5.41) is 0. The Bertz CT molecular complexity index is 878. The van der Waals surface area contributed by atoms with Crippen molar-refractivity contribution in [3.05, 3.63) is 95.7 Å². The second-order valence-electron chi connectivity index (χ2n) is 8.66. The topological polar surface area (TPSA) is 3.24 Å². The van der Waals surface area contributed by atoms with Gasteiger partial charge in [-0.15, -0.1) is 0 Å². The molecule has 2 heteroatoms. The van der Waals surface area contributed by atoms with Gasteiger partial charge in [-0.25, -0.2) is 0 Å². The van der Waals surface area contributed by atoms with Gasteiger partial charge in [0.05, 0.1) is 4.83 Å². The third-order valence-electron chi connectivity index (χ3n) is 5.08. The van der Waals surface area contributed by atoms with E-state index >= 15 is 0 Å². The zero-order valence-electron chi connectivity index (χ0n) is 17.5. The van der Waals surface area contributed by atoms with E-state index < -0.39 is 0 Å². The molecule has 1 aliphatic carbocycles. The molecule has 0 amide bonds. The molecule has 146 valence electrons. The third-order valence-corrected chi connectivity index (χ3v) is 5.69. The van der Waals surface area contributed by atoms with Gasteiger partial charge in [0.1, 0.15) is 0 Å². The zero-order chi connectivity index (χ0) is 20.3. The van der Waals surface area contributed by atoms with Gasteiger partial charge in [0, 0.05) is 17.1 Å². The molecule has 0 aromatic heterocycles. The molecule has 0 spiro atoms. The van der Waals surface area contributed by atoms with Crippen LogP contribution in [0.25, 0.3) is 0 Å². The molecule has 1 unspecified atom stereocenters. The molecule has 1 nitrogen and oxygen atoms in total. The molecule has 2 aromatic rings. The summed E-state index contributed by atoms with van der Waals surface area (Å²) in [6.45, 7) is 11.2. The van der Waals surface area contributed by atoms with E-state index in [0.717, 1.165) is 5.70 Å². The normalized spacial score (nSPS) is 16.8. The molecule has 0 fully saturated rings. The van der Waals surface area contributed by atoms with Crippen molar-refractivity contribution < 1.29 is 0 Å². The van der Waals surface area contributed by atoms with Crippen molar-refractivity contribution in [3.8, 4) is 0 Å². The second kappa shape index (κ2) is 8.53. The van der Waals surface area contributed by atoms with Crippen LogP contribution in [0.15, 0.2) is 84.6 Å². The molecule has 0 heterocycles. The highest BCUT2D eigenvalue weighted by atomic mass is 79.9. The maximum absolute atomic E-state index is 3.66. The molecule has 28 heavy (non-hydrogen) atoms. The van der Waals surface area contributed by atoms with Gasteiger partial charge in [0.2, 0.25) is 0 Å². The molecule has 0 bridgehead atoms. The zero-order valence-corrected chi connectivity index (χ0v) is 19.1. The number of allylic oxidation sites excluding steroid dienone is 5. The molecule has 1 atom stereocenters. The maximum atomic E-state index is 3.66. The highest BCUT2D eigenvalue weighted by Crippen LogP contribution is 2.34. The molecule has 0 radical (unpaired) electrons. The van der Waals surface area contributed by atoms with E-state index in [2.05, 4.69) is 134 Å². The van der Waals surface area contributed by atoms with Gasteiger partial charge in [0.15, 0.2) is 0 Å². The van der Waals surface area contributed by atoms with E-state index in [1.807, 2.05) is 0 Å². The Labute approximate surface area is 178 Å². The number of halogens is 1. The minimum absolute atomic E-state index is 0.148. The highest BCUT2D eigenvalue weighted by molar-refractivity contribution is 9.09. The van der Waals surface area contributed by atoms with Crippen molar-refractivity contribution in [2.75, 3.05) is 4.90 Å². The van der Waals surface area contributed by atoms with Crippen LogP contribution in [0.1, 0.15) is 51.7 Å². The average molecular weight is 436 g/mol. The molecule has 0 saturated heterocycles. The number of nitrogens with zero attached hydrogens (tertiary/aromatic N) is 1. The van der Waals surface area contributed by atoms with Crippen LogP contribution in [0.3, 0.4) is 0 Å². The van der Waals surface area contributed by atoms with Crippen LogP contribution in [0, 0.1) is 0 Å². The fourth-order valence-corrected chi connectivity index (χ4v) is 3.61. The monoisotopic (exact) mass is 435 g/mol. The van der Waals surface area contributed by atoms with Crippen molar-refractivity contribution in [2.24, 2.45) is 0 Å². The Morgan fingerprint density at radius 3 is 1.96 bits per heavy atom. The summed E-state index contributed by atoms with van der Waals surface area (Å²) >= 11 is 3.66. The van der Waals surface area contributed by atoms with Crippen molar-refractivity contribution in [3.63, 3.8) is 0 Å². The van der Waals surface area contributed by atoms with Gasteiger partial charge in [-0.2, -0.15) is 0 Å². The molecule has 0 saturated carbocycles. The number of alkyl halides is 1. The van der Waals surface area contributed by atoms with E-state index in [-0.39, 0.29) is 10.2 Å². The predicted molar refractivity (Wildman–Crippen MR) is 127 cm³/mol. The molecule has 2 aromatic carbocycles. The smallest absolute Gasteiger partial charge is 0.0512 e. The first-order chi connectivity index (χ1) is 13.3. The van der Waals surface area contributed by atoms with E-state index in [1.54, 1.807) is 0 Å². The number of hydrogen-bond acceptors (Lipinski definition) is 1. The fourth-order valence-electron chi connectivity index (χ4n) is 3.29. The molecule has 0 N–H and O–H groups in total. The molecular formula is C26H30BrN. The minimum atomic E-state index is 0.148. The van der Waals surface area contributed by atoms with Gasteiger partial charge < -0.3 is 4.90 Å². The van der Waals surface area contributed by atoms with Gasteiger partial charge in [0.25, 0.3) is 0 Å². The van der Waals surface area contributed by atoms with Gasteiger partial charge in [-0.05, 0) is 58.9 Å². The SMILES string of the molecule is CC(C)c1ccc(N(C2=CC=CC(Br)C=C2)c2ccc(C(C)(C)C)cc2)cc1. The van der Waals surface area contributed by atoms with Gasteiger partial charge in [-0.3, -0.25) is 0 Å². The second-order valence-corrected chi connectivity index (χ2v) is 9.72. The average Bonchev–Trinajstić information content (AvgIpc) is 2.87. The first kappa shape index (κ1) is 20.7. The van der Waals surface area contributed by atoms with Crippen LogP contribution in [0.4, 0.5) is 11.4 Å². The minimum Gasteiger partial charge on any atom is -0.311 e. The van der Waals surface area contributed by atoms with Crippen molar-refractivity contribution >= 4 is 27.3 Å². The predicted octanol–water partition coefficient (Wildman–Crippen LogP) is 8.02. The lowest BCUT2D eigenvalue weighted by Crippen LogP contribution is -2.16. The summed E-state index contributed by atoms with van der Waals surface area (Å²) in [5.41, 5.74) is 6.34. The van der Waals surface area contributed by atoms with Crippen LogP contribution in [-0.2, 0) is 5.41 Å². The third kappa shape index (κ3) is 4.86. The summed E-state index contributed by atoms with van der Waals surface area (Å²) in [6, 6.07) is 17.9. The first-order valence-corrected chi connectivity index (χ1v) is 10.9. The largest absolute Gasteiger partial charge is 0.311 e. The number of anilines is 2. The first-order valence-electron chi connectivity index (χ1n) is 9.97. The summed E-state index contributed by atoms with van der Waals surface area (Å²) in [4.78, 5) is 2.58. The van der Waals surface area contributed by atoms with Crippen LogP contribution in [0.2, 0.25) is 0 Å². The van der Waals surface area contributed by atoms with Gasteiger partial charge in [-0.1, -0.05) is 93.0 Å². The lowest BCUT2D eigenvalue weighted by atomic mass is 9.87. The lowest BCUT2D eigenvalue weighted by Gasteiger charge is -2.28. The Balaban J connectivity index is 2.05.